The maximum absolute atomic E-state index is 12.4. The highest BCUT2D eigenvalue weighted by molar-refractivity contribution is 7.89. The van der Waals surface area contributed by atoms with Crippen molar-refractivity contribution < 1.29 is 22.7 Å². The van der Waals surface area contributed by atoms with Gasteiger partial charge in [0, 0.05) is 20.2 Å². The van der Waals surface area contributed by atoms with Crippen LogP contribution in [-0.2, 0) is 19.5 Å². The van der Waals surface area contributed by atoms with Crippen LogP contribution in [-0.4, -0.2) is 52.1 Å². The summed E-state index contributed by atoms with van der Waals surface area (Å²) >= 11 is 0. The van der Waals surface area contributed by atoms with Gasteiger partial charge in [0.05, 0.1) is 23.7 Å². The number of esters is 1. The molecule has 1 aromatic rings. The highest BCUT2D eigenvalue weighted by Crippen LogP contribution is 2.17. The lowest BCUT2D eigenvalue weighted by Crippen LogP contribution is -2.37. The summed E-state index contributed by atoms with van der Waals surface area (Å²) in [7, 11) is -0.597. The fraction of sp³-hybridized carbons (Fsp3) is 0.500. The van der Waals surface area contributed by atoms with Crippen LogP contribution in [0, 0.1) is 0 Å². The zero-order chi connectivity index (χ0) is 16.0. The Morgan fingerprint density at radius 1 is 1.29 bits per heavy atom. The van der Waals surface area contributed by atoms with Crippen molar-refractivity contribution in [2.24, 2.45) is 0 Å². The highest BCUT2D eigenvalue weighted by atomic mass is 32.2. The molecule has 0 spiro atoms. The molecule has 0 aliphatic rings. The average Bonchev–Trinajstić information content (AvgIpc) is 2.47. The van der Waals surface area contributed by atoms with Gasteiger partial charge >= 0.3 is 5.97 Å². The average molecular weight is 315 g/mol. The summed E-state index contributed by atoms with van der Waals surface area (Å²) in [5.74, 6) is -0.470. The molecule has 0 bridgehead atoms. The fourth-order valence-corrected chi connectivity index (χ4v) is 3.07. The van der Waals surface area contributed by atoms with Crippen molar-refractivity contribution in [1.29, 1.82) is 0 Å². The van der Waals surface area contributed by atoms with E-state index >= 15 is 0 Å². The molecule has 7 heteroatoms. The molecule has 0 amide bonds. The van der Waals surface area contributed by atoms with Crippen LogP contribution in [0.1, 0.15) is 24.2 Å². The Kier molecular flexibility index (Phi) is 6.32. The third-order valence-corrected chi connectivity index (χ3v) is 5.06. The molecular weight excluding hydrogens is 294 g/mol. The van der Waals surface area contributed by atoms with E-state index in [0.29, 0.717) is 12.2 Å². The van der Waals surface area contributed by atoms with E-state index in [1.54, 1.807) is 13.8 Å². The quantitative estimate of drug-likeness (QED) is 0.713. The number of likely N-dealkylation sites (N-methyl/N-ethyl adjacent to an activating group) is 1. The number of benzene rings is 1. The summed E-state index contributed by atoms with van der Waals surface area (Å²) in [4.78, 5) is 11.7. The lowest BCUT2D eigenvalue weighted by Gasteiger charge is -2.23. The van der Waals surface area contributed by atoms with Crippen LogP contribution in [0.25, 0.3) is 0 Å². The number of hydrogen-bond acceptors (Lipinski definition) is 5. The summed E-state index contributed by atoms with van der Waals surface area (Å²) in [5, 5.41) is 0. The first-order valence-corrected chi connectivity index (χ1v) is 8.02. The van der Waals surface area contributed by atoms with E-state index in [9.17, 15) is 13.2 Å². The molecule has 0 aromatic heterocycles. The van der Waals surface area contributed by atoms with Crippen LogP contribution in [0.4, 0.5) is 0 Å². The highest BCUT2D eigenvalue weighted by Gasteiger charge is 2.25. The number of carbonyl (C=O) groups excluding carboxylic acids is 1. The maximum Gasteiger partial charge on any atom is 0.338 e. The van der Waals surface area contributed by atoms with Crippen molar-refractivity contribution in [1.82, 2.24) is 4.31 Å². The van der Waals surface area contributed by atoms with Crippen molar-refractivity contribution in [2.75, 3.05) is 27.4 Å². The number of nitrogens with zero attached hydrogens (tertiary/aromatic N) is 1. The van der Waals surface area contributed by atoms with E-state index in [4.69, 9.17) is 9.47 Å². The molecule has 0 saturated heterocycles. The van der Waals surface area contributed by atoms with E-state index < -0.39 is 16.0 Å². The second-order valence-electron chi connectivity index (χ2n) is 4.57. The van der Waals surface area contributed by atoms with E-state index in [1.165, 1.54) is 42.7 Å². The van der Waals surface area contributed by atoms with Gasteiger partial charge in [0.1, 0.15) is 0 Å². The Morgan fingerprint density at radius 3 is 2.33 bits per heavy atom. The van der Waals surface area contributed by atoms with Crippen LogP contribution < -0.4 is 0 Å². The first-order chi connectivity index (χ1) is 9.84. The minimum atomic E-state index is -3.61. The van der Waals surface area contributed by atoms with Crippen molar-refractivity contribution in [3.63, 3.8) is 0 Å². The van der Waals surface area contributed by atoms with E-state index in [0.717, 1.165) is 0 Å². The number of sulfonamides is 1. The number of rotatable bonds is 7. The normalized spacial score (nSPS) is 13.2. The summed E-state index contributed by atoms with van der Waals surface area (Å²) in [6, 6.07) is 5.40. The molecule has 0 saturated carbocycles. The molecule has 0 heterocycles. The molecular formula is C14H21NO5S. The first-order valence-electron chi connectivity index (χ1n) is 6.58. The Balaban J connectivity index is 2.97. The zero-order valence-electron chi connectivity index (χ0n) is 12.7. The monoisotopic (exact) mass is 315 g/mol. The smallest absolute Gasteiger partial charge is 0.338 e. The number of methoxy groups -OCH3 is 1. The number of hydrogen-bond donors (Lipinski definition) is 0. The predicted molar refractivity (Wildman–Crippen MR) is 78.7 cm³/mol. The topological polar surface area (TPSA) is 72.9 Å². The summed E-state index contributed by atoms with van der Waals surface area (Å²) in [6.07, 6.45) is 0. The second kappa shape index (κ2) is 7.53. The van der Waals surface area contributed by atoms with Crippen molar-refractivity contribution in [3.05, 3.63) is 29.8 Å². The van der Waals surface area contributed by atoms with Gasteiger partial charge < -0.3 is 9.47 Å². The predicted octanol–water partition coefficient (Wildman–Crippen LogP) is 1.52. The molecule has 0 unspecified atom stereocenters. The van der Waals surface area contributed by atoms with Gasteiger partial charge in [-0.1, -0.05) is 0 Å². The largest absolute Gasteiger partial charge is 0.462 e. The molecule has 1 rings (SSSR count). The third-order valence-electron chi connectivity index (χ3n) is 3.07. The summed E-state index contributed by atoms with van der Waals surface area (Å²) in [5.41, 5.74) is 0.323. The van der Waals surface area contributed by atoms with Gasteiger partial charge in [0.2, 0.25) is 10.0 Å². The second-order valence-corrected chi connectivity index (χ2v) is 6.57. The molecule has 1 aromatic carbocycles. The molecule has 0 fully saturated rings. The van der Waals surface area contributed by atoms with Crippen molar-refractivity contribution in [3.8, 4) is 0 Å². The summed E-state index contributed by atoms with van der Waals surface area (Å²) < 4.78 is 35.9. The van der Waals surface area contributed by atoms with Gasteiger partial charge in [-0.2, -0.15) is 4.31 Å². The van der Waals surface area contributed by atoms with Crippen LogP contribution in [0.15, 0.2) is 29.2 Å². The minimum Gasteiger partial charge on any atom is -0.462 e. The Labute approximate surface area is 125 Å². The van der Waals surface area contributed by atoms with Gasteiger partial charge in [0.15, 0.2) is 0 Å². The molecule has 1 atom stereocenters. The zero-order valence-corrected chi connectivity index (χ0v) is 13.5. The first kappa shape index (κ1) is 17.6. The lowest BCUT2D eigenvalue weighted by atomic mass is 10.2. The van der Waals surface area contributed by atoms with Gasteiger partial charge in [-0.25, -0.2) is 13.2 Å². The molecule has 118 valence electrons. The molecule has 0 radical (unpaired) electrons. The Bertz CT molecular complexity index is 568. The van der Waals surface area contributed by atoms with Crippen LogP contribution in [0.3, 0.4) is 0 Å². The van der Waals surface area contributed by atoms with Gasteiger partial charge in [0.25, 0.3) is 0 Å². The Morgan fingerprint density at radius 2 is 1.86 bits per heavy atom. The SMILES string of the molecule is CCOC(=O)c1ccc(S(=O)(=O)N(C)[C@@H](C)COC)cc1. The van der Waals surface area contributed by atoms with E-state index in [1.807, 2.05) is 0 Å². The molecule has 21 heavy (non-hydrogen) atoms. The lowest BCUT2D eigenvalue weighted by molar-refractivity contribution is 0.0526. The summed E-state index contributed by atoms with van der Waals surface area (Å²) in [6.45, 7) is 4.05. The van der Waals surface area contributed by atoms with Crippen molar-refractivity contribution in [2.45, 2.75) is 24.8 Å². The van der Waals surface area contributed by atoms with Crippen LogP contribution in [0.2, 0.25) is 0 Å². The molecule has 0 N–H and O–H groups in total. The van der Waals surface area contributed by atoms with Crippen LogP contribution in [0.5, 0.6) is 0 Å². The minimum absolute atomic E-state index is 0.126. The van der Waals surface area contributed by atoms with Gasteiger partial charge in [-0.3, -0.25) is 0 Å². The number of ether oxygens (including phenoxy) is 2. The molecule has 0 aliphatic heterocycles. The van der Waals surface area contributed by atoms with Gasteiger partial charge in [-0.15, -0.1) is 0 Å². The fourth-order valence-electron chi connectivity index (χ4n) is 1.73. The molecule has 6 nitrogen and oxygen atoms in total. The standard InChI is InChI=1S/C14H21NO5S/c1-5-20-14(16)12-6-8-13(9-7-12)21(17,18)15(3)11(2)10-19-4/h6-9,11H,5,10H2,1-4H3/t11-/m0/s1. The third kappa shape index (κ3) is 4.26. The number of carbonyl (C=O) groups is 1. The van der Waals surface area contributed by atoms with Gasteiger partial charge in [-0.05, 0) is 38.1 Å². The molecule has 0 aliphatic carbocycles. The van der Waals surface area contributed by atoms with Crippen molar-refractivity contribution >= 4 is 16.0 Å². The maximum atomic E-state index is 12.4. The Hall–Kier alpha value is -1.44. The van der Waals surface area contributed by atoms with Crippen LogP contribution >= 0.6 is 0 Å². The van der Waals surface area contributed by atoms with E-state index in [2.05, 4.69) is 0 Å². The van der Waals surface area contributed by atoms with E-state index in [-0.39, 0.29) is 17.5 Å².